The van der Waals surface area contributed by atoms with E-state index in [4.69, 9.17) is 4.74 Å². The van der Waals surface area contributed by atoms with Crippen LogP contribution in [-0.4, -0.2) is 19.2 Å². The van der Waals surface area contributed by atoms with Crippen LogP contribution in [0.15, 0.2) is 24.3 Å². The van der Waals surface area contributed by atoms with Crippen molar-refractivity contribution in [3.8, 4) is 5.75 Å². The molecule has 2 heteroatoms. The minimum atomic E-state index is 0.431. The van der Waals surface area contributed by atoms with E-state index in [-0.39, 0.29) is 0 Å². The first-order valence-corrected chi connectivity index (χ1v) is 8.05. The summed E-state index contributed by atoms with van der Waals surface area (Å²) in [6.07, 6.45) is 2.34. The predicted molar refractivity (Wildman–Crippen MR) is 87.6 cm³/mol. The van der Waals surface area contributed by atoms with Gasteiger partial charge in [0, 0.05) is 6.04 Å². The van der Waals surface area contributed by atoms with E-state index in [1.54, 1.807) is 0 Å². The second kappa shape index (κ2) is 9.02. The molecule has 0 fully saturated rings. The summed E-state index contributed by atoms with van der Waals surface area (Å²) in [5.41, 5.74) is 1.30. The van der Waals surface area contributed by atoms with Crippen molar-refractivity contribution in [2.24, 2.45) is 5.92 Å². The predicted octanol–water partition coefficient (Wildman–Crippen LogP) is 4.60. The van der Waals surface area contributed by atoms with Crippen LogP contribution in [0.2, 0.25) is 0 Å². The number of benzene rings is 1. The average molecular weight is 277 g/mol. The summed E-state index contributed by atoms with van der Waals surface area (Å²) in [5.74, 6) is 2.17. The van der Waals surface area contributed by atoms with Crippen molar-refractivity contribution in [3.05, 3.63) is 29.8 Å². The molecule has 0 spiro atoms. The minimum Gasteiger partial charge on any atom is -0.492 e. The van der Waals surface area contributed by atoms with Crippen LogP contribution < -0.4 is 10.1 Å². The maximum atomic E-state index is 6.12. The number of rotatable bonds is 9. The van der Waals surface area contributed by atoms with E-state index in [1.165, 1.54) is 12.0 Å². The first-order valence-electron chi connectivity index (χ1n) is 8.05. The molecule has 2 atom stereocenters. The number of hydrogen-bond acceptors (Lipinski definition) is 2. The molecule has 1 rings (SSSR count). The molecule has 2 unspecified atom stereocenters. The Morgan fingerprint density at radius 2 is 1.80 bits per heavy atom. The van der Waals surface area contributed by atoms with Gasteiger partial charge in [0.15, 0.2) is 0 Å². The van der Waals surface area contributed by atoms with Gasteiger partial charge in [-0.25, -0.2) is 0 Å². The lowest BCUT2D eigenvalue weighted by Gasteiger charge is -2.25. The van der Waals surface area contributed by atoms with E-state index in [0.29, 0.717) is 17.9 Å². The number of hydrogen-bond donors (Lipinski definition) is 1. The van der Waals surface area contributed by atoms with Crippen molar-refractivity contribution >= 4 is 0 Å². The molecule has 0 saturated heterocycles. The van der Waals surface area contributed by atoms with Crippen LogP contribution in [0.3, 0.4) is 0 Å². The van der Waals surface area contributed by atoms with Gasteiger partial charge in [-0.1, -0.05) is 59.2 Å². The second-order valence-corrected chi connectivity index (χ2v) is 5.95. The highest BCUT2D eigenvalue weighted by atomic mass is 16.5. The first kappa shape index (κ1) is 17.0. The zero-order valence-electron chi connectivity index (χ0n) is 13.8. The zero-order chi connectivity index (χ0) is 15.0. The largest absolute Gasteiger partial charge is 0.492 e. The fourth-order valence-electron chi connectivity index (χ4n) is 2.31. The molecule has 1 aromatic rings. The quantitative estimate of drug-likeness (QED) is 0.712. The summed E-state index contributed by atoms with van der Waals surface area (Å²) in [6.45, 7) is 13.0. The third-order valence-corrected chi connectivity index (χ3v) is 3.95. The van der Waals surface area contributed by atoms with E-state index in [2.05, 4.69) is 64.2 Å². The van der Waals surface area contributed by atoms with E-state index in [1.807, 2.05) is 0 Å². The Morgan fingerprint density at radius 1 is 1.10 bits per heavy atom. The highest BCUT2D eigenvalue weighted by Gasteiger charge is 2.16. The molecule has 0 aliphatic heterocycles. The van der Waals surface area contributed by atoms with Gasteiger partial charge in [-0.05, 0) is 36.4 Å². The van der Waals surface area contributed by atoms with Crippen molar-refractivity contribution in [2.75, 3.05) is 13.2 Å². The summed E-state index contributed by atoms with van der Waals surface area (Å²) >= 11 is 0. The molecular formula is C18H31NO. The summed E-state index contributed by atoms with van der Waals surface area (Å²) < 4.78 is 6.12. The van der Waals surface area contributed by atoms with Crippen LogP contribution in [-0.2, 0) is 0 Å². The van der Waals surface area contributed by atoms with Crippen LogP contribution in [0.25, 0.3) is 0 Å². The van der Waals surface area contributed by atoms with Crippen molar-refractivity contribution < 1.29 is 4.74 Å². The Morgan fingerprint density at radius 3 is 2.40 bits per heavy atom. The summed E-state index contributed by atoms with van der Waals surface area (Å²) in [5, 5.41) is 3.61. The third kappa shape index (κ3) is 5.16. The lowest BCUT2D eigenvalue weighted by molar-refractivity contribution is 0.219. The van der Waals surface area contributed by atoms with Gasteiger partial charge in [-0.3, -0.25) is 0 Å². The smallest absolute Gasteiger partial charge is 0.122 e. The monoisotopic (exact) mass is 277 g/mol. The molecule has 114 valence electrons. The molecule has 0 saturated carbocycles. The molecular weight excluding hydrogens is 246 g/mol. The molecule has 0 heterocycles. The normalized spacial score (nSPS) is 14.3. The van der Waals surface area contributed by atoms with Crippen LogP contribution in [0.4, 0.5) is 0 Å². The van der Waals surface area contributed by atoms with Gasteiger partial charge in [0.05, 0.1) is 0 Å². The van der Waals surface area contributed by atoms with Gasteiger partial charge >= 0.3 is 0 Å². The number of nitrogens with one attached hydrogen (secondary N) is 1. The maximum Gasteiger partial charge on any atom is 0.122 e. The van der Waals surface area contributed by atoms with Crippen molar-refractivity contribution in [1.29, 1.82) is 0 Å². The first-order chi connectivity index (χ1) is 9.60. The van der Waals surface area contributed by atoms with Crippen LogP contribution in [0, 0.1) is 5.92 Å². The second-order valence-electron chi connectivity index (χ2n) is 5.95. The third-order valence-electron chi connectivity index (χ3n) is 3.95. The average Bonchev–Trinajstić information content (AvgIpc) is 2.46. The summed E-state index contributed by atoms with van der Waals surface area (Å²) in [4.78, 5) is 0. The lowest BCUT2D eigenvalue weighted by Crippen LogP contribution is -2.40. The number of para-hydroxylation sites is 1. The van der Waals surface area contributed by atoms with E-state index in [0.717, 1.165) is 25.3 Å². The van der Waals surface area contributed by atoms with E-state index >= 15 is 0 Å². The van der Waals surface area contributed by atoms with Crippen molar-refractivity contribution in [1.82, 2.24) is 5.32 Å². The molecule has 0 aromatic heterocycles. The van der Waals surface area contributed by atoms with Crippen LogP contribution in [0.5, 0.6) is 5.75 Å². The van der Waals surface area contributed by atoms with Crippen molar-refractivity contribution in [2.45, 2.75) is 59.4 Å². The van der Waals surface area contributed by atoms with E-state index < -0.39 is 0 Å². The number of ether oxygens (including phenoxy) is 1. The summed E-state index contributed by atoms with van der Waals surface area (Å²) in [6, 6.07) is 8.82. The Balaban J connectivity index is 2.67. The molecule has 2 nitrogen and oxygen atoms in total. The fourth-order valence-corrected chi connectivity index (χ4v) is 2.31. The minimum absolute atomic E-state index is 0.431. The Labute approximate surface area is 124 Å². The van der Waals surface area contributed by atoms with Crippen LogP contribution >= 0.6 is 0 Å². The van der Waals surface area contributed by atoms with Gasteiger partial charge in [0.2, 0.25) is 0 Å². The zero-order valence-corrected chi connectivity index (χ0v) is 13.8. The van der Waals surface area contributed by atoms with Gasteiger partial charge in [-0.2, -0.15) is 0 Å². The molecule has 0 radical (unpaired) electrons. The standard InChI is InChI=1S/C18H31NO/c1-6-12-19-17(15(5)7-2)13-20-18-11-9-8-10-16(18)14(3)4/h8-11,14-15,17,19H,6-7,12-13H2,1-5H3. The van der Waals surface area contributed by atoms with Crippen LogP contribution in [0.1, 0.15) is 58.9 Å². The highest BCUT2D eigenvalue weighted by Crippen LogP contribution is 2.26. The summed E-state index contributed by atoms with van der Waals surface area (Å²) in [7, 11) is 0. The molecule has 0 amide bonds. The van der Waals surface area contributed by atoms with Gasteiger partial charge < -0.3 is 10.1 Å². The van der Waals surface area contributed by atoms with Gasteiger partial charge in [0.25, 0.3) is 0 Å². The SMILES string of the molecule is CCCNC(COc1ccccc1C(C)C)C(C)CC. The Hall–Kier alpha value is -1.02. The highest BCUT2D eigenvalue weighted by molar-refractivity contribution is 5.35. The van der Waals surface area contributed by atoms with Gasteiger partial charge in [0.1, 0.15) is 12.4 Å². The molecule has 0 bridgehead atoms. The molecule has 1 N–H and O–H groups in total. The molecule has 0 aliphatic rings. The molecule has 0 aliphatic carbocycles. The molecule has 20 heavy (non-hydrogen) atoms. The maximum absolute atomic E-state index is 6.12. The topological polar surface area (TPSA) is 21.3 Å². The van der Waals surface area contributed by atoms with Gasteiger partial charge in [-0.15, -0.1) is 0 Å². The van der Waals surface area contributed by atoms with Crippen molar-refractivity contribution in [3.63, 3.8) is 0 Å². The van der Waals surface area contributed by atoms with E-state index in [9.17, 15) is 0 Å². The molecule has 1 aromatic carbocycles. The Kier molecular flexibility index (Phi) is 7.68. The lowest BCUT2D eigenvalue weighted by atomic mass is 9.99. The fraction of sp³-hybridized carbons (Fsp3) is 0.667. The Bertz CT molecular complexity index is 375.